The van der Waals surface area contributed by atoms with Crippen LogP contribution in [0.3, 0.4) is 0 Å². The van der Waals surface area contributed by atoms with Gasteiger partial charge in [0.25, 0.3) is 5.91 Å². The number of nitrogens with one attached hydrogen (secondary N) is 1. The van der Waals surface area contributed by atoms with Crippen LogP contribution in [0.4, 0.5) is 5.69 Å². The standard InChI is InChI=1S/C25H24N2O4/c1-31-22-13-11-18(12-14-22)25(30)27-21-8-4-6-19(16-21)23(9-2-3-10-24(28)29)20-7-5-15-26-17-20/h4-9,11-17H,2-3,10H2,1H3,(H,27,30)(H,28,29)/b23-9-. The molecule has 0 unspecified atom stereocenters. The molecule has 0 radical (unpaired) electrons. The van der Waals surface area contributed by atoms with Crippen LogP contribution < -0.4 is 10.1 Å². The van der Waals surface area contributed by atoms with Crippen molar-refractivity contribution in [3.05, 3.63) is 95.8 Å². The van der Waals surface area contributed by atoms with Crippen LogP contribution in [-0.2, 0) is 4.79 Å². The normalized spacial score (nSPS) is 11.1. The summed E-state index contributed by atoms with van der Waals surface area (Å²) in [7, 11) is 1.58. The van der Waals surface area contributed by atoms with Gasteiger partial charge in [0.1, 0.15) is 5.75 Å². The Labute approximate surface area is 181 Å². The van der Waals surface area contributed by atoms with Crippen molar-refractivity contribution in [2.75, 3.05) is 12.4 Å². The molecule has 0 aliphatic rings. The number of hydrogen-bond donors (Lipinski definition) is 2. The number of carboxylic acid groups (broad SMARTS) is 1. The lowest BCUT2D eigenvalue weighted by Gasteiger charge is -2.12. The molecule has 158 valence electrons. The molecule has 0 bridgehead atoms. The van der Waals surface area contributed by atoms with Gasteiger partial charge in [0.15, 0.2) is 0 Å². The zero-order chi connectivity index (χ0) is 22.1. The number of nitrogens with zero attached hydrogens (tertiary/aromatic N) is 1. The zero-order valence-electron chi connectivity index (χ0n) is 17.2. The van der Waals surface area contributed by atoms with Crippen molar-refractivity contribution < 1.29 is 19.4 Å². The number of carbonyl (C=O) groups excluding carboxylic acids is 1. The molecule has 2 N–H and O–H groups in total. The Hall–Kier alpha value is -3.93. The van der Waals surface area contributed by atoms with Gasteiger partial charge in [0, 0.05) is 35.6 Å². The maximum Gasteiger partial charge on any atom is 0.303 e. The number of ether oxygens (including phenoxy) is 1. The van der Waals surface area contributed by atoms with Gasteiger partial charge in [-0.1, -0.05) is 24.3 Å². The number of carboxylic acids is 1. The summed E-state index contributed by atoms with van der Waals surface area (Å²) in [5.41, 5.74) is 3.98. The van der Waals surface area contributed by atoms with E-state index in [1.54, 1.807) is 43.8 Å². The molecule has 0 aliphatic heterocycles. The second kappa shape index (κ2) is 10.7. The van der Waals surface area contributed by atoms with Crippen molar-refractivity contribution in [3.63, 3.8) is 0 Å². The summed E-state index contributed by atoms with van der Waals surface area (Å²) in [6, 6.07) is 18.3. The minimum atomic E-state index is -0.806. The van der Waals surface area contributed by atoms with Crippen molar-refractivity contribution in [2.24, 2.45) is 0 Å². The molecular weight excluding hydrogens is 392 g/mol. The Bertz CT molecular complexity index is 1060. The molecule has 0 spiro atoms. The maximum absolute atomic E-state index is 12.6. The Morgan fingerprint density at radius 3 is 2.48 bits per heavy atom. The van der Waals surface area contributed by atoms with E-state index in [4.69, 9.17) is 9.84 Å². The summed E-state index contributed by atoms with van der Waals surface area (Å²) < 4.78 is 5.13. The Kier molecular flexibility index (Phi) is 7.54. The molecule has 3 rings (SSSR count). The maximum atomic E-state index is 12.6. The van der Waals surface area contributed by atoms with Crippen molar-refractivity contribution in [1.82, 2.24) is 4.98 Å². The molecule has 6 nitrogen and oxygen atoms in total. The molecule has 0 fully saturated rings. The number of aliphatic carboxylic acids is 1. The van der Waals surface area contributed by atoms with Gasteiger partial charge in [-0.15, -0.1) is 0 Å². The molecule has 6 heteroatoms. The average Bonchev–Trinajstić information content (AvgIpc) is 2.79. The minimum absolute atomic E-state index is 0.120. The molecule has 0 saturated heterocycles. The van der Waals surface area contributed by atoms with Crippen molar-refractivity contribution >= 4 is 23.1 Å². The summed E-state index contributed by atoms with van der Waals surface area (Å²) in [5.74, 6) is -0.333. The first-order valence-corrected chi connectivity index (χ1v) is 9.95. The summed E-state index contributed by atoms with van der Waals surface area (Å²) in [4.78, 5) is 27.6. The number of aromatic nitrogens is 1. The summed E-state index contributed by atoms with van der Waals surface area (Å²) in [5, 5.41) is 11.8. The predicted molar refractivity (Wildman–Crippen MR) is 120 cm³/mol. The number of carbonyl (C=O) groups is 2. The number of rotatable bonds is 9. The van der Waals surface area contributed by atoms with Crippen LogP contribution in [0.25, 0.3) is 5.57 Å². The first-order valence-electron chi connectivity index (χ1n) is 9.95. The molecule has 1 amide bonds. The molecule has 2 aromatic carbocycles. The van der Waals surface area contributed by atoms with E-state index in [0.29, 0.717) is 29.8 Å². The highest BCUT2D eigenvalue weighted by Gasteiger charge is 2.10. The van der Waals surface area contributed by atoms with Crippen LogP contribution in [0.5, 0.6) is 5.75 Å². The van der Waals surface area contributed by atoms with Crippen LogP contribution >= 0.6 is 0 Å². The fourth-order valence-corrected chi connectivity index (χ4v) is 3.13. The fraction of sp³-hybridized carbons (Fsp3) is 0.160. The van der Waals surface area contributed by atoms with Crippen molar-refractivity contribution in [3.8, 4) is 5.75 Å². The zero-order valence-corrected chi connectivity index (χ0v) is 17.2. The molecule has 0 saturated carbocycles. The van der Waals surface area contributed by atoms with E-state index >= 15 is 0 Å². The Morgan fingerprint density at radius 2 is 1.81 bits per heavy atom. The number of benzene rings is 2. The van der Waals surface area contributed by atoms with Crippen LogP contribution in [0.15, 0.2) is 79.1 Å². The second-order valence-corrected chi connectivity index (χ2v) is 6.91. The molecule has 31 heavy (non-hydrogen) atoms. The predicted octanol–water partition coefficient (Wildman–Crippen LogP) is 5.03. The smallest absolute Gasteiger partial charge is 0.303 e. The monoisotopic (exact) mass is 416 g/mol. The number of pyridine rings is 1. The molecule has 1 heterocycles. The number of hydrogen-bond acceptors (Lipinski definition) is 4. The van der Waals surface area contributed by atoms with Crippen LogP contribution in [-0.4, -0.2) is 29.1 Å². The quantitative estimate of drug-likeness (QED) is 0.478. The number of amides is 1. The SMILES string of the molecule is COc1ccc(C(=O)Nc2cccc(/C(=C/CCCC(=O)O)c3cccnc3)c2)cc1. The lowest BCUT2D eigenvalue weighted by atomic mass is 9.97. The van der Waals surface area contributed by atoms with Gasteiger partial charge in [-0.25, -0.2) is 0 Å². The minimum Gasteiger partial charge on any atom is -0.497 e. The summed E-state index contributed by atoms with van der Waals surface area (Å²) >= 11 is 0. The molecule has 0 aliphatic carbocycles. The molecule has 3 aromatic rings. The number of unbranched alkanes of at least 4 members (excludes halogenated alkanes) is 1. The number of anilines is 1. The first-order chi connectivity index (χ1) is 15.1. The third-order valence-corrected chi connectivity index (χ3v) is 4.70. The fourth-order valence-electron chi connectivity index (χ4n) is 3.13. The van der Waals surface area contributed by atoms with Gasteiger partial charge >= 0.3 is 5.97 Å². The third-order valence-electron chi connectivity index (χ3n) is 4.70. The van der Waals surface area contributed by atoms with Gasteiger partial charge in [0.2, 0.25) is 0 Å². The lowest BCUT2D eigenvalue weighted by Crippen LogP contribution is -2.11. The molecule has 1 aromatic heterocycles. The van der Waals surface area contributed by atoms with E-state index in [-0.39, 0.29) is 12.3 Å². The van der Waals surface area contributed by atoms with Crippen LogP contribution in [0.2, 0.25) is 0 Å². The van der Waals surface area contributed by atoms with Crippen LogP contribution in [0.1, 0.15) is 40.7 Å². The molecule has 0 atom stereocenters. The highest BCUT2D eigenvalue weighted by molar-refractivity contribution is 6.04. The van der Waals surface area contributed by atoms with E-state index in [1.165, 1.54) is 0 Å². The topological polar surface area (TPSA) is 88.5 Å². The highest BCUT2D eigenvalue weighted by atomic mass is 16.5. The van der Waals surface area contributed by atoms with E-state index in [1.807, 2.05) is 42.5 Å². The van der Waals surface area contributed by atoms with E-state index < -0.39 is 5.97 Å². The summed E-state index contributed by atoms with van der Waals surface area (Å²) in [6.07, 6.45) is 6.79. The Morgan fingerprint density at radius 1 is 1.03 bits per heavy atom. The first kappa shape index (κ1) is 21.8. The highest BCUT2D eigenvalue weighted by Crippen LogP contribution is 2.26. The van der Waals surface area contributed by atoms with E-state index in [9.17, 15) is 9.59 Å². The van der Waals surface area contributed by atoms with Gasteiger partial charge in [-0.05, 0) is 66.4 Å². The number of methoxy groups -OCH3 is 1. The van der Waals surface area contributed by atoms with Gasteiger partial charge in [0.05, 0.1) is 7.11 Å². The van der Waals surface area contributed by atoms with Crippen LogP contribution in [0, 0.1) is 0 Å². The second-order valence-electron chi connectivity index (χ2n) is 6.91. The van der Waals surface area contributed by atoms with Gasteiger partial charge in [-0.3, -0.25) is 14.6 Å². The van der Waals surface area contributed by atoms with Crippen molar-refractivity contribution in [2.45, 2.75) is 19.3 Å². The largest absolute Gasteiger partial charge is 0.497 e. The van der Waals surface area contributed by atoms with E-state index in [2.05, 4.69) is 10.3 Å². The van der Waals surface area contributed by atoms with Gasteiger partial charge in [-0.2, -0.15) is 0 Å². The third kappa shape index (κ3) is 6.27. The Balaban J connectivity index is 1.82. The average molecular weight is 416 g/mol. The summed E-state index contributed by atoms with van der Waals surface area (Å²) in [6.45, 7) is 0. The lowest BCUT2D eigenvalue weighted by molar-refractivity contribution is -0.137. The molecular formula is C25H24N2O4. The van der Waals surface area contributed by atoms with Gasteiger partial charge < -0.3 is 15.2 Å². The number of allylic oxidation sites excluding steroid dienone is 1. The van der Waals surface area contributed by atoms with Crippen molar-refractivity contribution in [1.29, 1.82) is 0 Å². The van der Waals surface area contributed by atoms with E-state index in [0.717, 1.165) is 16.7 Å².